The van der Waals surface area contributed by atoms with E-state index in [2.05, 4.69) is 41.5 Å². The molecular weight excluding hydrogens is 599 g/mol. The van der Waals surface area contributed by atoms with E-state index in [-0.39, 0.29) is 0 Å². The second kappa shape index (κ2) is 32.6. The van der Waals surface area contributed by atoms with Gasteiger partial charge in [-0.3, -0.25) is 0 Å². The van der Waals surface area contributed by atoms with Crippen molar-refractivity contribution in [2.75, 3.05) is 19.8 Å². The molecular formula is C36H75O3Sn. The molecule has 4 heteroatoms. The zero-order valence-corrected chi connectivity index (χ0v) is 31.4. The Balaban J connectivity index is 4.07. The number of hydrogen-bond acceptors (Lipinski definition) is 3. The first-order valence-corrected chi connectivity index (χ1v) is 24.3. The summed E-state index contributed by atoms with van der Waals surface area (Å²) in [7, 11) is 0. The van der Waals surface area contributed by atoms with E-state index in [1.54, 1.807) is 13.3 Å². The van der Waals surface area contributed by atoms with Crippen molar-refractivity contribution in [1.82, 2.24) is 0 Å². The van der Waals surface area contributed by atoms with E-state index in [0.29, 0.717) is 18.3 Å². The fourth-order valence-corrected chi connectivity index (χ4v) is 14.0. The minimum atomic E-state index is -1.23. The van der Waals surface area contributed by atoms with E-state index in [0.717, 1.165) is 19.8 Å². The van der Waals surface area contributed by atoms with Crippen molar-refractivity contribution in [2.24, 2.45) is 0 Å². The van der Waals surface area contributed by atoms with Gasteiger partial charge in [0.15, 0.2) is 0 Å². The van der Waals surface area contributed by atoms with E-state index in [1.165, 1.54) is 135 Å². The van der Waals surface area contributed by atoms with Crippen molar-refractivity contribution in [1.29, 1.82) is 0 Å². The van der Waals surface area contributed by atoms with Crippen LogP contribution in [0.3, 0.4) is 0 Å². The van der Waals surface area contributed by atoms with Crippen LogP contribution in [0.15, 0.2) is 0 Å². The third-order valence-corrected chi connectivity index (χ3v) is 17.5. The summed E-state index contributed by atoms with van der Waals surface area (Å²) in [5.74, 6) is 0. The topological polar surface area (TPSA) is 27.7 Å². The Kier molecular flexibility index (Phi) is 33.1. The van der Waals surface area contributed by atoms with Gasteiger partial charge >= 0.3 is 262 Å². The molecule has 3 unspecified atom stereocenters. The monoisotopic (exact) mass is 675 g/mol. The quantitative estimate of drug-likeness (QED) is 0.0512. The molecule has 0 rings (SSSR count). The van der Waals surface area contributed by atoms with Gasteiger partial charge in [-0.05, 0) is 0 Å². The molecule has 0 aromatic heterocycles. The maximum atomic E-state index is 6.01. The minimum absolute atomic E-state index is 0.451. The average Bonchev–Trinajstić information content (AvgIpc) is 2.95. The molecule has 1 radical (unpaired) electrons. The molecule has 3 atom stereocenters. The molecule has 0 saturated heterocycles. The molecule has 0 aromatic carbocycles. The molecule has 0 heterocycles. The van der Waals surface area contributed by atoms with E-state index >= 15 is 0 Å². The summed E-state index contributed by atoms with van der Waals surface area (Å²) < 4.78 is 22.9. The van der Waals surface area contributed by atoms with Crippen LogP contribution in [0.2, 0.25) is 13.3 Å². The normalized spacial score (nSPS) is 14.2. The SMILES string of the molecule is CCCCC(C)OCCCCC[CH2][Sn]([CH2]CCCCCOC(C)CCCC)[CH2]CCCCCOC(C)CCCC. The molecule has 0 spiro atoms. The van der Waals surface area contributed by atoms with Gasteiger partial charge in [-0.1, -0.05) is 0 Å². The van der Waals surface area contributed by atoms with Crippen LogP contribution in [0.1, 0.15) is 176 Å². The van der Waals surface area contributed by atoms with E-state index < -0.39 is 19.8 Å². The van der Waals surface area contributed by atoms with Crippen LogP contribution in [0.5, 0.6) is 0 Å². The van der Waals surface area contributed by atoms with Crippen molar-refractivity contribution in [2.45, 2.75) is 208 Å². The van der Waals surface area contributed by atoms with Crippen LogP contribution in [-0.4, -0.2) is 57.9 Å². The average molecular weight is 675 g/mol. The van der Waals surface area contributed by atoms with Gasteiger partial charge < -0.3 is 0 Å². The van der Waals surface area contributed by atoms with Gasteiger partial charge in [-0.2, -0.15) is 0 Å². The predicted molar refractivity (Wildman–Crippen MR) is 180 cm³/mol. The van der Waals surface area contributed by atoms with Crippen LogP contribution in [-0.2, 0) is 14.2 Å². The van der Waals surface area contributed by atoms with Crippen LogP contribution in [0, 0.1) is 0 Å². The molecule has 241 valence electrons. The first-order chi connectivity index (χ1) is 19.5. The van der Waals surface area contributed by atoms with Crippen molar-refractivity contribution in [3.8, 4) is 0 Å². The third kappa shape index (κ3) is 30.1. The zero-order chi connectivity index (χ0) is 29.5. The molecule has 0 bridgehead atoms. The summed E-state index contributed by atoms with van der Waals surface area (Å²) >= 11 is -1.23. The molecule has 0 saturated carbocycles. The van der Waals surface area contributed by atoms with Crippen molar-refractivity contribution < 1.29 is 14.2 Å². The van der Waals surface area contributed by atoms with Gasteiger partial charge in [0.1, 0.15) is 0 Å². The molecule has 0 aliphatic heterocycles. The molecule has 0 fully saturated rings. The Bertz CT molecular complexity index is 408. The molecule has 0 N–H and O–H groups in total. The van der Waals surface area contributed by atoms with Crippen molar-refractivity contribution in [3.63, 3.8) is 0 Å². The summed E-state index contributed by atoms with van der Waals surface area (Å²) in [5, 5.41) is 0. The van der Waals surface area contributed by atoms with Crippen LogP contribution in [0.25, 0.3) is 0 Å². The number of unbranched alkanes of at least 4 members (excludes halogenated alkanes) is 12. The summed E-state index contributed by atoms with van der Waals surface area (Å²) in [6, 6.07) is 0. The van der Waals surface area contributed by atoms with Crippen LogP contribution < -0.4 is 0 Å². The number of rotatable bonds is 33. The first kappa shape index (κ1) is 40.7. The molecule has 3 nitrogen and oxygen atoms in total. The summed E-state index contributed by atoms with van der Waals surface area (Å²) in [6.45, 7) is 16.5. The Labute approximate surface area is 260 Å². The van der Waals surface area contributed by atoms with Gasteiger partial charge in [0.2, 0.25) is 0 Å². The summed E-state index contributed by atoms with van der Waals surface area (Å²) in [5.41, 5.74) is 0. The van der Waals surface area contributed by atoms with Gasteiger partial charge in [0, 0.05) is 0 Å². The van der Waals surface area contributed by atoms with Gasteiger partial charge in [-0.25, -0.2) is 0 Å². The van der Waals surface area contributed by atoms with Gasteiger partial charge in [0.25, 0.3) is 0 Å². The van der Waals surface area contributed by atoms with E-state index in [1.807, 2.05) is 0 Å². The second-order valence-corrected chi connectivity index (χ2v) is 21.3. The number of hydrogen-bond donors (Lipinski definition) is 0. The first-order valence-electron chi connectivity index (χ1n) is 18.2. The molecule has 0 amide bonds. The Morgan fingerprint density at radius 1 is 0.375 bits per heavy atom. The standard InChI is InChI=1S/3C12H25O.Sn/c3*1-4-6-8-9-11-13-12(3)10-7-5-2;/h3*12H,1,4-11H2,2-3H3;. The Hall–Kier alpha value is 0.679. The Morgan fingerprint density at radius 2 is 0.650 bits per heavy atom. The fourth-order valence-electron chi connectivity index (χ4n) is 5.45. The summed E-state index contributed by atoms with van der Waals surface area (Å²) in [6.07, 6.45) is 29.4. The Morgan fingerprint density at radius 3 is 0.925 bits per heavy atom. The third-order valence-electron chi connectivity index (χ3n) is 8.37. The maximum absolute atomic E-state index is 6.01. The van der Waals surface area contributed by atoms with Gasteiger partial charge in [-0.15, -0.1) is 0 Å². The fraction of sp³-hybridized carbons (Fsp3) is 1.00. The van der Waals surface area contributed by atoms with Crippen molar-refractivity contribution >= 4 is 19.8 Å². The van der Waals surface area contributed by atoms with Crippen LogP contribution >= 0.6 is 0 Å². The molecule has 0 aliphatic rings. The number of ether oxygens (including phenoxy) is 3. The van der Waals surface area contributed by atoms with E-state index in [4.69, 9.17) is 14.2 Å². The molecule has 0 aliphatic carbocycles. The van der Waals surface area contributed by atoms with Crippen molar-refractivity contribution in [3.05, 3.63) is 0 Å². The second-order valence-electron chi connectivity index (χ2n) is 12.7. The van der Waals surface area contributed by atoms with E-state index in [9.17, 15) is 0 Å². The predicted octanol–water partition coefficient (Wildman–Crippen LogP) is 11.9. The zero-order valence-electron chi connectivity index (χ0n) is 28.5. The summed E-state index contributed by atoms with van der Waals surface area (Å²) in [4.78, 5) is 0. The van der Waals surface area contributed by atoms with Gasteiger partial charge in [0.05, 0.1) is 0 Å². The molecule has 0 aromatic rings. The van der Waals surface area contributed by atoms with Crippen LogP contribution in [0.4, 0.5) is 0 Å². The molecule has 40 heavy (non-hydrogen) atoms.